The standard InChI is InChI=1S/C12H15NO/c1-14-10-12-7-5-11(6-8-12)4-2-3-9-13/h5-8H,3,9-10,13H2,1H3. The van der Waals surface area contributed by atoms with Gasteiger partial charge in [0.2, 0.25) is 0 Å². The molecule has 2 N–H and O–H groups in total. The maximum Gasteiger partial charge on any atom is 0.0713 e. The molecule has 0 aromatic heterocycles. The van der Waals surface area contributed by atoms with Crippen molar-refractivity contribution < 1.29 is 4.74 Å². The van der Waals surface area contributed by atoms with Crippen molar-refractivity contribution in [1.82, 2.24) is 0 Å². The predicted octanol–water partition coefficient (Wildman–Crippen LogP) is 1.53. The molecular formula is C12H15NO. The lowest BCUT2D eigenvalue weighted by molar-refractivity contribution is 0.185. The van der Waals surface area contributed by atoms with Crippen LogP contribution in [0.2, 0.25) is 0 Å². The first-order valence-corrected chi connectivity index (χ1v) is 4.63. The molecule has 0 fully saturated rings. The normalized spacial score (nSPS) is 9.29. The van der Waals surface area contributed by atoms with Crippen LogP contribution in [0.15, 0.2) is 24.3 Å². The third-order valence-electron chi connectivity index (χ3n) is 1.77. The van der Waals surface area contributed by atoms with Gasteiger partial charge in [-0.25, -0.2) is 0 Å². The van der Waals surface area contributed by atoms with E-state index in [1.54, 1.807) is 7.11 Å². The van der Waals surface area contributed by atoms with Gasteiger partial charge in [0.1, 0.15) is 0 Å². The Balaban J connectivity index is 2.60. The molecule has 2 nitrogen and oxygen atoms in total. The summed E-state index contributed by atoms with van der Waals surface area (Å²) in [5.41, 5.74) is 7.53. The van der Waals surface area contributed by atoms with E-state index in [0.717, 1.165) is 17.5 Å². The molecule has 0 aliphatic heterocycles. The topological polar surface area (TPSA) is 35.2 Å². The first-order valence-electron chi connectivity index (χ1n) is 4.63. The lowest BCUT2D eigenvalue weighted by atomic mass is 10.1. The third kappa shape index (κ3) is 3.61. The van der Waals surface area contributed by atoms with Crippen molar-refractivity contribution in [2.75, 3.05) is 13.7 Å². The average molecular weight is 189 g/mol. The van der Waals surface area contributed by atoms with Crippen LogP contribution in [0.25, 0.3) is 0 Å². The van der Waals surface area contributed by atoms with Crippen LogP contribution >= 0.6 is 0 Å². The van der Waals surface area contributed by atoms with Crippen LogP contribution in [0.5, 0.6) is 0 Å². The summed E-state index contributed by atoms with van der Waals surface area (Å²) < 4.78 is 5.01. The number of nitrogens with two attached hydrogens (primary N) is 1. The van der Waals surface area contributed by atoms with Crippen molar-refractivity contribution in [3.63, 3.8) is 0 Å². The number of rotatable bonds is 3. The first kappa shape index (κ1) is 10.8. The molecule has 1 rings (SSSR count). The molecule has 2 heteroatoms. The second kappa shape index (κ2) is 6.20. The first-order chi connectivity index (χ1) is 6.86. The molecule has 1 aromatic rings. The van der Waals surface area contributed by atoms with Gasteiger partial charge >= 0.3 is 0 Å². The SMILES string of the molecule is COCc1ccc(C#CCCN)cc1. The Kier molecular flexibility index (Phi) is 4.77. The molecule has 0 spiro atoms. The minimum Gasteiger partial charge on any atom is -0.380 e. The van der Waals surface area contributed by atoms with E-state index < -0.39 is 0 Å². The molecule has 0 saturated heterocycles. The Labute approximate surface area is 85.1 Å². The quantitative estimate of drug-likeness (QED) is 0.732. The van der Waals surface area contributed by atoms with Crippen molar-refractivity contribution in [2.24, 2.45) is 5.73 Å². The average Bonchev–Trinajstić information content (AvgIpc) is 2.21. The van der Waals surface area contributed by atoms with E-state index in [4.69, 9.17) is 10.5 Å². The maximum atomic E-state index is 5.34. The van der Waals surface area contributed by atoms with Crippen molar-refractivity contribution in [3.8, 4) is 11.8 Å². The summed E-state index contributed by atoms with van der Waals surface area (Å²) >= 11 is 0. The van der Waals surface area contributed by atoms with Crippen LogP contribution in [0.4, 0.5) is 0 Å². The number of hydrogen-bond donors (Lipinski definition) is 1. The highest BCUT2D eigenvalue weighted by atomic mass is 16.5. The summed E-state index contributed by atoms with van der Waals surface area (Å²) in [6, 6.07) is 8.04. The van der Waals surface area contributed by atoms with Gasteiger partial charge in [-0.1, -0.05) is 24.0 Å². The second-order valence-corrected chi connectivity index (χ2v) is 2.97. The minimum absolute atomic E-state index is 0.620. The molecule has 0 saturated carbocycles. The summed E-state index contributed by atoms with van der Waals surface area (Å²) in [6.07, 6.45) is 0.750. The number of hydrogen-bond acceptors (Lipinski definition) is 2. The highest BCUT2D eigenvalue weighted by Gasteiger charge is 1.90. The Morgan fingerprint density at radius 1 is 1.29 bits per heavy atom. The van der Waals surface area contributed by atoms with Gasteiger partial charge < -0.3 is 10.5 Å². The van der Waals surface area contributed by atoms with Gasteiger partial charge in [-0.05, 0) is 17.7 Å². The van der Waals surface area contributed by atoms with Crippen molar-refractivity contribution in [1.29, 1.82) is 0 Å². The van der Waals surface area contributed by atoms with Crippen LogP contribution < -0.4 is 5.73 Å². The van der Waals surface area contributed by atoms with Crippen molar-refractivity contribution >= 4 is 0 Å². The largest absolute Gasteiger partial charge is 0.380 e. The third-order valence-corrected chi connectivity index (χ3v) is 1.77. The van der Waals surface area contributed by atoms with Crippen LogP contribution in [0.3, 0.4) is 0 Å². The van der Waals surface area contributed by atoms with E-state index in [9.17, 15) is 0 Å². The van der Waals surface area contributed by atoms with E-state index in [2.05, 4.69) is 11.8 Å². The van der Waals surface area contributed by atoms with Gasteiger partial charge in [-0.2, -0.15) is 0 Å². The fraction of sp³-hybridized carbons (Fsp3) is 0.333. The van der Waals surface area contributed by atoms with Gasteiger partial charge in [-0.3, -0.25) is 0 Å². The van der Waals surface area contributed by atoms with Gasteiger partial charge in [0.25, 0.3) is 0 Å². The van der Waals surface area contributed by atoms with Crippen LogP contribution in [0.1, 0.15) is 17.5 Å². The molecule has 0 amide bonds. The monoisotopic (exact) mass is 189 g/mol. The number of methoxy groups -OCH3 is 1. The zero-order chi connectivity index (χ0) is 10.2. The lowest BCUT2D eigenvalue weighted by Gasteiger charge is -1.98. The van der Waals surface area contributed by atoms with E-state index >= 15 is 0 Å². The molecule has 0 heterocycles. The Morgan fingerprint density at radius 3 is 2.57 bits per heavy atom. The summed E-state index contributed by atoms with van der Waals surface area (Å²) in [7, 11) is 1.69. The second-order valence-electron chi connectivity index (χ2n) is 2.97. The van der Waals surface area contributed by atoms with Crippen LogP contribution in [-0.2, 0) is 11.3 Å². The summed E-state index contributed by atoms with van der Waals surface area (Å²) in [6.45, 7) is 1.27. The van der Waals surface area contributed by atoms with Gasteiger partial charge in [0, 0.05) is 25.6 Å². The van der Waals surface area contributed by atoms with Crippen molar-refractivity contribution in [3.05, 3.63) is 35.4 Å². The molecule has 0 atom stereocenters. The summed E-state index contributed by atoms with van der Waals surface area (Å²) in [5.74, 6) is 6.04. The van der Waals surface area contributed by atoms with Gasteiger partial charge in [0.05, 0.1) is 6.61 Å². The fourth-order valence-corrected chi connectivity index (χ4v) is 1.09. The maximum absolute atomic E-state index is 5.34. The molecule has 0 bridgehead atoms. The van der Waals surface area contributed by atoms with Crippen LogP contribution in [-0.4, -0.2) is 13.7 Å². The molecular weight excluding hydrogens is 174 g/mol. The Bertz CT molecular complexity index is 318. The molecule has 0 aliphatic carbocycles. The highest BCUT2D eigenvalue weighted by Crippen LogP contribution is 2.04. The number of benzene rings is 1. The summed E-state index contributed by atoms with van der Waals surface area (Å²) in [4.78, 5) is 0. The van der Waals surface area contributed by atoms with E-state index in [1.165, 1.54) is 0 Å². The van der Waals surface area contributed by atoms with E-state index in [0.29, 0.717) is 13.2 Å². The lowest BCUT2D eigenvalue weighted by Crippen LogP contribution is -1.95. The smallest absolute Gasteiger partial charge is 0.0713 e. The molecule has 0 unspecified atom stereocenters. The predicted molar refractivity (Wildman–Crippen MR) is 57.7 cm³/mol. The Morgan fingerprint density at radius 2 is 2.00 bits per heavy atom. The van der Waals surface area contributed by atoms with Crippen LogP contribution in [0, 0.1) is 11.8 Å². The summed E-state index contributed by atoms with van der Waals surface area (Å²) in [5, 5.41) is 0. The molecule has 74 valence electrons. The highest BCUT2D eigenvalue weighted by molar-refractivity contribution is 5.35. The van der Waals surface area contributed by atoms with Crippen molar-refractivity contribution in [2.45, 2.75) is 13.0 Å². The molecule has 0 radical (unpaired) electrons. The zero-order valence-electron chi connectivity index (χ0n) is 8.42. The van der Waals surface area contributed by atoms with Gasteiger partial charge in [-0.15, -0.1) is 0 Å². The van der Waals surface area contributed by atoms with E-state index in [-0.39, 0.29) is 0 Å². The molecule has 0 aliphatic rings. The Hall–Kier alpha value is -1.30. The fourth-order valence-electron chi connectivity index (χ4n) is 1.09. The zero-order valence-corrected chi connectivity index (χ0v) is 8.42. The molecule has 14 heavy (non-hydrogen) atoms. The van der Waals surface area contributed by atoms with E-state index in [1.807, 2.05) is 24.3 Å². The minimum atomic E-state index is 0.620. The number of ether oxygens (including phenoxy) is 1. The molecule has 1 aromatic carbocycles. The van der Waals surface area contributed by atoms with Gasteiger partial charge in [0.15, 0.2) is 0 Å².